The summed E-state index contributed by atoms with van der Waals surface area (Å²) >= 11 is 11.9. The second-order valence-corrected chi connectivity index (χ2v) is 8.21. The summed E-state index contributed by atoms with van der Waals surface area (Å²) in [5, 5.41) is 14.2. The van der Waals surface area contributed by atoms with Crippen molar-refractivity contribution in [2.45, 2.75) is 38.6 Å². The zero-order valence-corrected chi connectivity index (χ0v) is 16.4. The van der Waals surface area contributed by atoms with Gasteiger partial charge in [0.2, 0.25) is 0 Å². The van der Waals surface area contributed by atoms with E-state index in [-0.39, 0.29) is 23.4 Å². The highest BCUT2D eigenvalue weighted by molar-refractivity contribution is 6.42. The predicted octanol–water partition coefficient (Wildman–Crippen LogP) is 4.57. The number of amides is 1. The van der Waals surface area contributed by atoms with Gasteiger partial charge in [-0.15, -0.1) is 0 Å². The van der Waals surface area contributed by atoms with Gasteiger partial charge in [-0.25, -0.2) is 4.99 Å². The van der Waals surface area contributed by atoms with E-state index in [1.54, 1.807) is 18.2 Å². The first-order valence-corrected chi connectivity index (χ1v) is 9.88. The zero-order valence-electron chi connectivity index (χ0n) is 14.9. The maximum absolute atomic E-state index is 12.7. The Labute approximate surface area is 168 Å². The lowest BCUT2D eigenvalue weighted by atomic mass is 9.63. The van der Waals surface area contributed by atoms with Gasteiger partial charge in [0.05, 0.1) is 15.7 Å². The van der Waals surface area contributed by atoms with E-state index in [2.05, 4.69) is 16.9 Å². The van der Waals surface area contributed by atoms with Gasteiger partial charge < -0.3 is 15.3 Å². The van der Waals surface area contributed by atoms with Crippen LogP contribution in [0.5, 0.6) is 0 Å². The maximum Gasteiger partial charge on any atom is 0.274 e. The Hall–Kier alpha value is -1.98. The third-order valence-electron chi connectivity index (χ3n) is 5.77. The number of amidine groups is 1. The summed E-state index contributed by atoms with van der Waals surface area (Å²) in [4.78, 5) is 19.3. The van der Waals surface area contributed by atoms with Crippen molar-refractivity contribution >= 4 is 34.9 Å². The SMILES string of the molecule is C=C1C(O)=C(C(=O)NCc2ccc(Cl)c(Cl)c2)N=C2N1CCCC21CCC1. The molecule has 1 saturated carbocycles. The zero-order chi connectivity index (χ0) is 19.2. The van der Waals surface area contributed by atoms with Crippen molar-refractivity contribution in [2.75, 3.05) is 6.54 Å². The van der Waals surface area contributed by atoms with E-state index in [0.717, 1.165) is 43.6 Å². The van der Waals surface area contributed by atoms with Crippen LogP contribution in [0.2, 0.25) is 10.0 Å². The van der Waals surface area contributed by atoms with Crippen LogP contribution in [0.4, 0.5) is 0 Å². The molecule has 0 bridgehead atoms. The number of halogens is 2. The van der Waals surface area contributed by atoms with Crippen LogP contribution in [0.25, 0.3) is 0 Å². The summed E-state index contributed by atoms with van der Waals surface area (Å²) < 4.78 is 0. The maximum atomic E-state index is 12.7. The van der Waals surface area contributed by atoms with Crippen LogP contribution in [0.3, 0.4) is 0 Å². The largest absolute Gasteiger partial charge is 0.504 e. The van der Waals surface area contributed by atoms with Crippen LogP contribution in [0.1, 0.15) is 37.7 Å². The van der Waals surface area contributed by atoms with Crippen LogP contribution < -0.4 is 5.32 Å². The molecular formula is C20H21Cl2N3O2. The molecule has 1 aromatic rings. The van der Waals surface area contributed by atoms with Crippen molar-refractivity contribution in [1.29, 1.82) is 0 Å². The molecule has 0 radical (unpaired) electrons. The van der Waals surface area contributed by atoms with Crippen LogP contribution in [0, 0.1) is 5.41 Å². The Bertz CT molecular complexity index is 887. The quantitative estimate of drug-likeness (QED) is 0.773. The lowest BCUT2D eigenvalue weighted by molar-refractivity contribution is -0.117. The first-order chi connectivity index (χ1) is 12.9. The van der Waals surface area contributed by atoms with Crippen molar-refractivity contribution < 1.29 is 9.90 Å². The van der Waals surface area contributed by atoms with Gasteiger partial charge in [0, 0.05) is 18.5 Å². The van der Waals surface area contributed by atoms with E-state index >= 15 is 0 Å². The molecule has 0 aromatic heterocycles. The van der Waals surface area contributed by atoms with Crippen LogP contribution in [-0.2, 0) is 11.3 Å². The number of piperidine rings is 1. The van der Waals surface area contributed by atoms with Gasteiger partial charge in [0.25, 0.3) is 5.91 Å². The minimum atomic E-state index is -0.424. The van der Waals surface area contributed by atoms with Crippen molar-refractivity contribution in [3.05, 3.63) is 57.5 Å². The van der Waals surface area contributed by atoms with Crippen molar-refractivity contribution in [3.8, 4) is 0 Å². The average Bonchev–Trinajstić information content (AvgIpc) is 2.63. The molecule has 1 aliphatic carbocycles. The predicted molar refractivity (Wildman–Crippen MR) is 107 cm³/mol. The molecule has 7 heteroatoms. The van der Waals surface area contributed by atoms with E-state index < -0.39 is 5.91 Å². The van der Waals surface area contributed by atoms with Gasteiger partial charge >= 0.3 is 0 Å². The molecule has 4 rings (SSSR count). The number of aliphatic hydroxyl groups is 1. The topological polar surface area (TPSA) is 64.9 Å². The summed E-state index contributed by atoms with van der Waals surface area (Å²) in [6.45, 7) is 5.04. The van der Waals surface area contributed by atoms with E-state index in [1.807, 2.05) is 4.90 Å². The fourth-order valence-electron chi connectivity index (χ4n) is 4.10. The number of carbonyl (C=O) groups excluding carboxylic acids is 1. The highest BCUT2D eigenvalue weighted by Gasteiger charge is 2.48. The number of carbonyl (C=O) groups is 1. The summed E-state index contributed by atoms with van der Waals surface area (Å²) in [7, 11) is 0. The number of aliphatic imine (C=N–C) groups is 1. The molecule has 1 aromatic carbocycles. The van der Waals surface area contributed by atoms with E-state index in [1.165, 1.54) is 6.42 Å². The third kappa shape index (κ3) is 3.13. The highest BCUT2D eigenvalue weighted by Crippen LogP contribution is 2.51. The van der Waals surface area contributed by atoms with Crippen LogP contribution in [0.15, 0.2) is 46.9 Å². The molecule has 0 atom stereocenters. The average molecular weight is 406 g/mol. The first-order valence-electron chi connectivity index (χ1n) is 9.13. The number of rotatable bonds is 3. The number of hydrogen-bond donors (Lipinski definition) is 2. The smallest absolute Gasteiger partial charge is 0.274 e. The van der Waals surface area contributed by atoms with Crippen molar-refractivity contribution in [2.24, 2.45) is 10.4 Å². The van der Waals surface area contributed by atoms with Crippen LogP contribution >= 0.6 is 23.2 Å². The molecule has 3 aliphatic rings. The molecule has 27 heavy (non-hydrogen) atoms. The summed E-state index contributed by atoms with van der Waals surface area (Å²) in [6, 6.07) is 5.18. The Morgan fingerprint density at radius 3 is 2.67 bits per heavy atom. The summed E-state index contributed by atoms with van der Waals surface area (Å²) in [5.41, 5.74) is 1.36. The van der Waals surface area contributed by atoms with E-state index in [0.29, 0.717) is 15.7 Å². The fraction of sp³-hybridized carbons (Fsp3) is 0.400. The monoisotopic (exact) mass is 405 g/mol. The minimum absolute atomic E-state index is 0.0388. The Balaban J connectivity index is 1.56. The van der Waals surface area contributed by atoms with Gasteiger partial charge in [0.15, 0.2) is 11.5 Å². The first kappa shape index (κ1) is 18.4. The number of aliphatic hydroxyl groups excluding tert-OH is 1. The Morgan fingerprint density at radius 1 is 1.26 bits per heavy atom. The molecule has 142 valence electrons. The van der Waals surface area contributed by atoms with Gasteiger partial charge in [-0.3, -0.25) is 4.79 Å². The number of nitrogens with one attached hydrogen (secondary N) is 1. The number of nitrogens with zero attached hydrogens (tertiary/aromatic N) is 2. The Morgan fingerprint density at radius 2 is 2.00 bits per heavy atom. The molecule has 0 unspecified atom stereocenters. The lowest BCUT2D eigenvalue weighted by Gasteiger charge is -2.51. The molecular weight excluding hydrogens is 385 g/mol. The molecule has 2 aliphatic heterocycles. The van der Waals surface area contributed by atoms with E-state index in [9.17, 15) is 9.90 Å². The standard InChI is InChI=1S/C20H21Cl2N3O2/c1-12-17(26)16(18(27)23-11-13-4-5-14(21)15(22)10-13)24-19-20(6-2-7-20)8-3-9-25(12)19/h4-5,10,26H,1-3,6-9,11H2,(H,23,27). The van der Waals surface area contributed by atoms with Crippen molar-refractivity contribution in [1.82, 2.24) is 10.2 Å². The fourth-order valence-corrected chi connectivity index (χ4v) is 4.42. The van der Waals surface area contributed by atoms with Gasteiger partial charge in [0.1, 0.15) is 5.84 Å². The number of fused-ring (bicyclic) bond motifs is 2. The third-order valence-corrected chi connectivity index (χ3v) is 6.51. The lowest BCUT2D eigenvalue weighted by Crippen LogP contribution is -2.53. The van der Waals surface area contributed by atoms with Crippen LogP contribution in [-0.4, -0.2) is 28.3 Å². The normalized spacial score (nSPS) is 20.9. The van der Waals surface area contributed by atoms with Gasteiger partial charge in [-0.2, -0.15) is 0 Å². The molecule has 5 nitrogen and oxygen atoms in total. The number of benzene rings is 1. The molecule has 1 amide bonds. The summed E-state index contributed by atoms with van der Waals surface area (Å²) in [6.07, 6.45) is 5.45. The van der Waals surface area contributed by atoms with Gasteiger partial charge in [-0.05, 0) is 43.4 Å². The molecule has 2 N–H and O–H groups in total. The molecule has 1 saturated heterocycles. The highest BCUT2D eigenvalue weighted by atomic mass is 35.5. The second kappa shape index (κ2) is 6.88. The summed E-state index contributed by atoms with van der Waals surface area (Å²) in [5.74, 6) is 0.316. The van der Waals surface area contributed by atoms with E-state index in [4.69, 9.17) is 23.2 Å². The molecule has 2 fully saturated rings. The number of hydrogen-bond acceptors (Lipinski definition) is 4. The van der Waals surface area contributed by atoms with Crippen molar-refractivity contribution in [3.63, 3.8) is 0 Å². The Kier molecular flexibility index (Phi) is 4.68. The molecule has 1 spiro atoms. The minimum Gasteiger partial charge on any atom is -0.504 e. The molecule has 2 heterocycles. The second-order valence-electron chi connectivity index (χ2n) is 7.40. The van der Waals surface area contributed by atoms with Gasteiger partial charge in [-0.1, -0.05) is 42.3 Å².